The second-order valence-corrected chi connectivity index (χ2v) is 13.4. The van der Waals surface area contributed by atoms with Crippen molar-refractivity contribution in [1.82, 2.24) is 5.32 Å². The Bertz CT molecular complexity index is 736. The first-order valence-electron chi connectivity index (χ1n) is 18.9. The van der Waals surface area contributed by atoms with Crippen LogP contribution >= 0.6 is 0 Å². The summed E-state index contributed by atoms with van der Waals surface area (Å²) in [5, 5.41) is 53.8. The molecule has 1 amide bonds. The number of aliphatic hydroxyl groups is 5. The molecule has 2 unspecified atom stereocenters. The lowest BCUT2D eigenvalue weighted by Crippen LogP contribution is -2.60. The summed E-state index contributed by atoms with van der Waals surface area (Å²) in [6.45, 7) is 3.74. The molecule has 1 aliphatic rings. The van der Waals surface area contributed by atoms with Gasteiger partial charge in [-0.15, -0.1) is 0 Å². The molecule has 1 rings (SSSR count). The van der Waals surface area contributed by atoms with E-state index in [2.05, 4.69) is 31.3 Å². The molecule has 7 atom stereocenters. The van der Waals surface area contributed by atoms with Crippen molar-refractivity contribution >= 4 is 5.91 Å². The Morgan fingerprint density at radius 2 is 1.22 bits per heavy atom. The van der Waals surface area contributed by atoms with E-state index < -0.39 is 49.5 Å². The maximum Gasteiger partial charge on any atom is 0.220 e. The highest BCUT2D eigenvalue weighted by Crippen LogP contribution is 2.23. The van der Waals surface area contributed by atoms with Gasteiger partial charge in [-0.1, -0.05) is 129 Å². The fourth-order valence-corrected chi connectivity index (χ4v) is 5.98. The molecule has 0 radical (unpaired) electrons. The van der Waals surface area contributed by atoms with Crippen LogP contribution < -0.4 is 5.32 Å². The molecule has 0 saturated carbocycles. The van der Waals surface area contributed by atoms with Gasteiger partial charge in [0.15, 0.2) is 6.29 Å². The summed E-state index contributed by atoms with van der Waals surface area (Å²) in [6, 6.07) is -0.726. The first-order chi connectivity index (χ1) is 22.3. The van der Waals surface area contributed by atoms with Crippen LogP contribution in [0.25, 0.3) is 0 Å². The molecule has 0 aromatic heterocycles. The van der Waals surface area contributed by atoms with Crippen molar-refractivity contribution in [3.05, 3.63) is 12.2 Å². The zero-order chi connectivity index (χ0) is 33.8. The summed E-state index contributed by atoms with van der Waals surface area (Å²) >= 11 is 0. The zero-order valence-corrected chi connectivity index (χ0v) is 29.3. The highest BCUT2D eigenvalue weighted by atomic mass is 16.7. The van der Waals surface area contributed by atoms with Gasteiger partial charge in [-0.05, 0) is 38.5 Å². The van der Waals surface area contributed by atoms with Crippen LogP contribution in [0, 0.1) is 0 Å². The van der Waals surface area contributed by atoms with Crippen LogP contribution in [0.15, 0.2) is 12.2 Å². The molecule has 1 fully saturated rings. The number of carbonyl (C=O) groups excluding carboxylic acids is 1. The summed E-state index contributed by atoms with van der Waals surface area (Å²) < 4.78 is 11.1. The van der Waals surface area contributed by atoms with Crippen molar-refractivity contribution in [2.45, 2.75) is 204 Å². The summed E-state index contributed by atoms with van der Waals surface area (Å²) in [5.74, 6) is -0.162. The molecule has 0 aliphatic carbocycles. The van der Waals surface area contributed by atoms with E-state index in [1.54, 1.807) is 0 Å². The number of carbonyl (C=O) groups is 1. The van der Waals surface area contributed by atoms with E-state index >= 15 is 0 Å². The second kappa shape index (κ2) is 28.9. The predicted molar refractivity (Wildman–Crippen MR) is 184 cm³/mol. The SMILES string of the molecule is CCCCCCCCCCCC/C=C/CCCC[C@@H](O)[C@H](CO[C@@H]1O[C@H](CO)[C@@H](O)C(O)C1O)NC(=O)CCCCCCCCC. The normalized spacial score (nSPS) is 23.2. The van der Waals surface area contributed by atoms with Crippen LogP contribution in [0.3, 0.4) is 0 Å². The van der Waals surface area contributed by atoms with Crippen molar-refractivity contribution in [1.29, 1.82) is 0 Å². The van der Waals surface area contributed by atoms with Crippen LogP contribution in [-0.2, 0) is 14.3 Å². The number of nitrogens with one attached hydrogen (secondary N) is 1. The number of amides is 1. The quantitative estimate of drug-likeness (QED) is 0.0394. The molecule has 46 heavy (non-hydrogen) atoms. The Labute approximate surface area is 280 Å². The minimum atomic E-state index is -1.55. The third kappa shape index (κ3) is 20.3. The Hall–Kier alpha value is -1.07. The molecule has 0 aromatic rings. The largest absolute Gasteiger partial charge is 0.394 e. The Morgan fingerprint density at radius 1 is 0.717 bits per heavy atom. The maximum atomic E-state index is 12.8. The Kier molecular flexibility index (Phi) is 27.0. The number of rotatable bonds is 30. The topological polar surface area (TPSA) is 149 Å². The van der Waals surface area contributed by atoms with E-state index in [9.17, 15) is 30.3 Å². The van der Waals surface area contributed by atoms with Gasteiger partial charge in [-0.25, -0.2) is 0 Å². The van der Waals surface area contributed by atoms with Crippen molar-refractivity contribution in [3.8, 4) is 0 Å². The van der Waals surface area contributed by atoms with Gasteiger partial charge >= 0.3 is 0 Å². The number of aliphatic hydroxyl groups excluding tert-OH is 5. The average molecular weight is 658 g/mol. The standard InChI is InChI=1S/C37H71NO8/c1-3-5-7-9-11-12-13-14-15-16-17-18-19-21-22-24-26-31(40)30(38-33(41)27-25-23-20-10-8-6-4-2)29-45-37-36(44)35(43)34(42)32(28-39)46-37/h18-19,30-32,34-37,39-40,42-44H,3-17,20-29H2,1-2H3,(H,38,41)/b19-18+/t30-,31+,32+,34+,35?,36?,37+/m0/s1. The molecule has 0 bridgehead atoms. The molecule has 9 nitrogen and oxygen atoms in total. The van der Waals surface area contributed by atoms with Crippen LogP contribution in [0.1, 0.15) is 162 Å². The van der Waals surface area contributed by atoms with Gasteiger partial charge in [0, 0.05) is 6.42 Å². The van der Waals surface area contributed by atoms with E-state index in [-0.39, 0.29) is 12.5 Å². The summed E-state index contributed by atoms with van der Waals surface area (Å²) in [4.78, 5) is 12.8. The molecule has 1 saturated heterocycles. The molecule has 0 aromatic carbocycles. The fraction of sp³-hybridized carbons (Fsp3) is 0.919. The number of unbranched alkanes of at least 4 members (excludes halogenated alkanes) is 18. The molecule has 272 valence electrons. The molecular weight excluding hydrogens is 586 g/mol. The number of allylic oxidation sites excluding steroid dienone is 2. The van der Waals surface area contributed by atoms with Gasteiger partial charge in [0.2, 0.25) is 5.91 Å². The molecule has 1 heterocycles. The van der Waals surface area contributed by atoms with E-state index in [0.717, 1.165) is 44.9 Å². The van der Waals surface area contributed by atoms with Crippen molar-refractivity contribution in [2.24, 2.45) is 0 Å². The molecule has 0 spiro atoms. The van der Waals surface area contributed by atoms with Gasteiger partial charge < -0.3 is 40.3 Å². The third-order valence-corrected chi connectivity index (χ3v) is 9.12. The van der Waals surface area contributed by atoms with Crippen LogP contribution in [0.5, 0.6) is 0 Å². The third-order valence-electron chi connectivity index (χ3n) is 9.12. The highest BCUT2D eigenvalue weighted by Gasteiger charge is 2.44. The molecule has 1 aliphatic heterocycles. The van der Waals surface area contributed by atoms with Crippen molar-refractivity contribution in [3.63, 3.8) is 0 Å². The minimum Gasteiger partial charge on any atom is -0.394 e. The van der Waals surface area contributed by atoms with Gasteiger partial charge in [0.25, 0.3) is 0 Å². The zero-order valence-electron chi connectivity index (χ0n) is 29.3. The van der Waals surface area contributed by atoms with Crippen LogP contribution in [0.2, 0.25) is 0 Å². The summed E-state index contributed by atoms with van der Waals surface area (Å²) in [6.07, 6.45) is 22.4. The lowest BCUT2D eigenvalue weighted by Gasteiger charge is -2.40. The lowest BCUT2D eigenvalue weighted by molar-refractivity contribution is -0.302. The van der Waals surface area contributed by atoms with Crippen molar-refractivity contribution < 1.29 is 39.8 Å². The molecular formula is C37H71NO8. The van der Waals surface area contributed by atoms with Crippen LogP contribution in [0.4, 0.5) is 0 Å². The smallest absolute Gasteiger partial charge is 0.220 e. The number of hydrogen-bond acceptors (Lipinski definition) is 8. The van der Waals surface area contributed by atoms with E-state index in [4.69, 9.17) is 9.47 Å². The monoisotopic (exact) mass is 658 g/mol. The molecule has 9 heteroatoms. The predicted octanol–water partition coefficient (Wildman–Crippen LogP) is 6.22. The van der Waals surface area contributed by atoms with Gasteiger partial charge in [0.05, 0.1) is 25.4 Å². The van der Waals surface area contributed by atoms with Crippen molar-refractivity contribution in [2.75, 3.05) is 13.2 Å². The van der Waals surface area contributed by atoms with Crippen LogP contribution in [-0.4, -0.2) is 87.5 Å². The second-order valence-electron chi connectivity index (χ2n) is 13.4. The minimum absolute atomic E-state index is 0.147. The highest BCUT2D eigenvalue weighted by molar-refractivity contribution is 5.76. The Balaban J connectivity index is 2.41. The summed E-state index contributed by atoms with van der Waals surface area (Å²) in [7, 11) is 0. The number of ether oxygens (including phenoxy) is 2. The Morgan fingerprint density at radius 3 is 1.76 bits per heavy atom. The number of hydrogen-bond donors (Lipinski definition) is 6. The van der Waals surface area contributed by atoms with E-state index in [1.807, 2.05) is 0 Å². The molecule has 6 N–H and O–H groups in total. The summed E-state index contributed by atoms with van der Waals surface area (Å²) in [5.41, 5.74) is 0. The van der Waals surface area contributed by atoms with Gasteiger partial charge in [-0.2, -0.15) is 0 Å². The maximum absolute atomic E-state index is 12.8. The lowest BCUT2D eigenvalue weighted by atomic mass is 9.99. The fourth-order valence-electron chi connectivity index (χ4n) is 5.98. The van der Waals surface area contributed by atoms with Gasteiger partial charge in [-0.3, -0.25) is 4.79 Å². The first kappa shape index (κ1) is 43.0. The van der Waals surface area contributed by atoms with Gasteiger partial charge in [0.1, 0.15) is 24.4 Å². The average Bonchev–Trinajstić information content (AvgIpc) is 3.05. The van der Waals surface area contributed by atoms with E-state index in [0.29, 0.717) is 12.8 Å². The van der Waals surface area contributed by atoms with E-state index in [1.165, 1.54) is 89.9 Å². The first-order valence-corrected chi connectivity index (χ1v) is 18.9.